The predicted octanol–water partition coefficient (Wildman–Crippen LogP) is 2.27. The number of amides is 3. The van der Waals surface area contributed by atoms with Crippen LogP contribution in [0.1, 0.15) is 10.4 Å². The maximum atomic E-state index is 12.9. The number of hydrogen-bond acceptors (Lipinski definition) is 6. The molecule has 1 heterocycles. The van der Waals surface area contributed by atoms with Crippen molar-refractivity contribution in [2.24, 2.45) is 0 Å². The molecule has 1 fully saturated rings. The van der Waals surface area contributed by atoms with Gasteiger partial charge in [-0.3, -0.25) is 19.3 Å². The molecule has 3 rings (SSSR count). The van der Waals surface area contributed by atoms with Gasteiger partial charge in [0.05, 0.1) is 27.9 Å². The monoisotopic (exact) mass is 461 g/mol. The van der Waals surface area contributed by atoms with Gasteiger partial charge in [0, 0.05) is 23.3 Å². The lowest BCUT2D eigenvalue weighted by molar-refractivity contribution is -0.132. The Balaban J connectivity index is 1.70. The molecule has 10 heteroatoms. The van der Waals surface area contributed by atoms with Gasteiger partial charge in [0.25, 0.3) is 5.91 Å². The van der Waals surface area contributed by atoms with E-state index < -0.39 is 5.91 Å². The Morgan fingerprint density at radius 1 is 1.03 bits per heavy atom. The summed E-state index contributed by atoms with van der Waals surface area (Å²) in [6, 6.07) is 9.83. The van der Waals surface area contributed by atoms with Gasteiger partial charge in [-0.05, 0) is 36.4 Å². The maximum Gasteiger partial charge on any atom is 0.254 e. The molecule has 9 nitrogen and oxygen atoms in total. The molecule has 0 bridgehead atoms. The molecular weight excluding hydrogens is 438 g/mol. The standard InChI is InChI=1S/C22H24ClN3O6/c1-24(22(29)14-9-17(30-2)21(32-4)18(10-14)31-3)11-19(27)25-12-20(28)26(13-25)16-7-5-15(23)6-8-16/h5-10H,11-13H2,1-4H3. The first kappa shape index (κ1) is 23.2. The second-order valence-corrected chi connectivity index (χ2v) is 7.54. The average molecular weight is 462 g/mol. The van der Waals surface area contributed by atoms with Crippen molar-refractivity contribution in [3.05, 3.63) is 47.0 Å². The number of methoxy groups -OCH3 is 3. The molecule has 0 spiro atoms. The zero-order chi connectivity index (χ0) is 23.4. The van der Waals surface area contributed by atoms with E-state index in [1.807, 2.05) is 0 Å². The molecule has 1 aliphatic heterocycles. The van der Waals surface area contributed by atoms with Crippen molar-refractivity contribution in [1.82, 2.24) is 9.80 Å². The highest BCUT2D eigenvalue weighted by Gasteiger charge is 2.32. The van der Waals surface area contributed by atoms with Crippen LogP contribution in [-0.2, 0) is 9.59 Å². The summed E-state index contributed by atoms with van der Waals surface area (Å²) in [5.74, 6) is 0.0653. The lowest BCUT2D eigenvalue weighted by Crippen LogP contribution is -2.41. The van der Waals surface area contributed by atoms with Crippen LogP contribution in [0.5, 0.6) is 17.2 Å². The summed E-state index contributed by atoms with van der Waals surface area (Å²) in [5, 5.41) is 0.556. The highest BCUT2D eigenvalue weighted by atomic mass is 35.5. The summed E-state index contributed by atoms with van der Waals surface area (Å²) in [6.07, 6.45) is 0. The topological polar surface area (TPSA) is 88.6 Å². The van der Waals surface area contributed by atoms with Gasteiger partial charge in [-0.15, -0.1) is 0 Å². The van der Waals surface area contributed by atoms with Crippen molar-refractivity contribution >= 4 is 35.0 Å². The SMILES string of the molecule is COc1cc(C(=O)N(C)CC(=O)N2CC(=O)N(c3ccc(Cl)cc3)C2)cc(OC)c1OC. The third-order valence-corrected chi connectivity index (χ3v) is 5.31. The van der Waals surface area contributed by atoms with Crippen molar-refractivity contribution < 1.29 is 28.6 Å². The molecule has 0 unspecified atom stereocenters. The Labute approximate surface area is 191 Å². The predicted molar refractivity (Wildman–Crippen MR) is 119 cm³/mol. The number of carbonyl (C=O) groups is 3. The van der Waals surface area contributed by atoms with Crippen LogP contribution in [0.3, 0.4) is 0 Å². The number of rotatable bonds is 7. The van der Waals surface area contributed by atoms with Crippen molar-refractivity contribution in [1.29, 1.82) is 0 Å². The van der Waals surface area contributed by atoms with E-state index >= 15 is 0 Å². The largest absolute Gasteiger partial charge is 0.493 e. The first-order valence-corrected chi connectivity index (χ1v) is 10.1. The summed E-state index contributed by atoms with van der Waals surface area (Å²) < 4.78 is 15.8. The molecule has 0 atom stereocenters. The van der Waals surface area contributed by atoms with Gasteiger partial charge in [-0.1, -0.05) is 11.6 Å². The Kier molecular flexibility index (Phi) is 7.09. The van der Waals surface area contributed by atoms with E-state index in [-0.39, 0.29) is 37.1 Å². The Hall–Kier alpha value is -3.46. The molecule has 3 amide bonds. The van der Waals surface area contributed by atoms with Crippen molar-refractivity contribution in [3.63, 3.8) is 0 Å². The summed E-state index contributed by atoms with van der Waals surface area (Å²) in [5.41, 5.74) is 0.923. The van der Waals surface area contributed by atoms with E-state index in [1.54, 1.807) is 24.3 Å². The Morgan fingerprint density at radius 3 is 2.16 bits per heavy atom. The zero-order valence-corrected chi connectivity index (χ0v) is 19.0. The lowest BCUT2D eigenvalue weighted by Gasteiger charge is -2.22. The third kappa shape index (κ3) is 4.72. The number of likely N-dealkylation sites (N-methyl/N-ethyl adjacent to an activating group) is 1. The van der Waals surface area contributed by atoms with E-state index in [4.69, 9.17) is 25.8 Å². The molecule has 0 aliphatic carbocycles. The van der Waals surface area contributed by atoms with Crippen LogP contribution in [-0.4, -0.2) is 75.7 Å². The van der Waals surface area contributed by atoms with E-state index in [0.717, 1.165) is 0 Å². The minimum Gasteiger partial charge on any atom is -0.493 e. The smallest absolute Gasteiger partial charge is 0.254 e. The van der Waals surface area contributed by atoms with Gasteiger partial charge >= 0.3 is 0 Å². The van der Waals surface area contributed by atoms with Gasteiger partial charge in [0.1, 0.15) is 13.2 Å². The van der Waals surface area contributed by atoms with Crippen LogP contribution in [0, 0.1) is 0 Å². The van der Waals surface area contributed by atoms with Crippen molar-refractivity contribution in [2.75, 3.05) is 53.0 Å². The molecule has 1 saturated heterocycles. The molecule has 170 valence electrons. The lowest BCUT2D eigenvalue weighted by atomic mass is 10.1. The molecule has 2 aromatic rings. The van der Waals surface area contributed by atoms with Crippen LogP contribution in [0.15, 0.2) is 36.4 Å². The number of ether oxygens (including phenoxy) is 3. The summed E-state index contributed by atoms with van der Waals surface area (Å²) in [6.45, 7) is -0.156. The summed E-state index contributed by atoms with van der Waals surface area (Å²) in [7, 11) is 5.89. The van der Waals surface area contributed by atoms with Crippen LogP contribution in [0.2, 0.25) is 5.02 Å². The fraction of sp³-hybridized carbons (Fsp3) is 0.318. The Bertz CT molecular complexity index is 1000. The van der Waals surface area contributed by atoms with E-state index in [2.05, 4.69) is 0 Å². The maximum absolute atomic E-state index is 12.9. The normalized spacial score (nSPS) is 13.2. The molecule has 0 saturated carbocycles. The second kappa shape index (κ2) is 9.78. The van der Waals surface area contributed by atoms with Gasteiger partial charge < -0.3 is 24.0 Å². The minimum absolute atomic E-state index is 0.0618. The number of halogens is 1. The van der Waals surface area contributed by atoms with E-state index in [9.17, 15) is 14.4 Å². The van der Waals surface area contributed by atoms with Crippen LogP contribution < -0.4 is 19.1 Å². The molecule has 2 aromatic carbocycles. The van der Waals surface area contributed by atoms with Crippen molar-refractivity contribution in [2.45, 2.75) is 0 Å². The first-order chi connectivity index (χ1) is 15.3. The second-order valence-electron chi connectivity index (χ2n) is 7.11. The fourth-order valence-corrected chi connectivity index (χ4v) is 3.49. The number of carbonyl (C=O) groups excluding carboxylic acids is 3. The summed E-state index contributed by atoms with van der Waals surface area (Å²) >= 11 is 5.90. The zero-order valence-electron chi connectivity index (χ0n) is 18.3. The highest BCUT2D eigenvalue weighted by molar-refractivity contribution is 6.30. The quantitative estimate of drug-likeness (QED) is 0.628. The fourth-order valence-electron chi connectivity index (χ4n) is 3.36. The average Bonchev–Trinajstić information content (AvgIpc) is 3.19. The third-order valence-electron chi connectivity index (χ3n) is 5.06. The highest BCUT2D eigenvalue weighted by Crippen LogP contribution is 2.38. The van der Waals surface area contributed by atoms with Gasteiger partial charge in [-0.25, -0.2) is 0 Å². The van der Waals surface area contributed by atoms with Gasteiger partial charge in [0.2, 0.25) is 17.6 Å². The molecule has 1 aliphatic rings. The van der Waals surface area contributed by atoms with Crippen LogP contribution in [0.4, 0.5) is 5.69 Å². The summed E-state index contributed by atoms with van der Waals surface area (Å²) in [4.78, 5) is 42.3. The van der Waals surface area contributed by atoms with E-state index in [1.165, 1.54) is 55.2 Å². The van der Waals surface area contributed by atoms with Gasteiger partial charge in [-0.2, -0.15) is 0 Å². The van der Waals surface area contributed by atoms with Crippen LogP contribution in [0.25, 0.3) is 0 Å². The number of anilines is 1. The van der Waals surface area contributed by atoms with Crippen molar-refractivity contribution in [3.8, 4) is 17.2 Å². The minimum atomic E-state index is -0.405. The Morgan fingerprint density at radius 2 is 1.62 bits per heavy atom. The molecule has 32 heavy (non-hydrogen) atoms. The molecule has 0 N–H and O–H groups in total. The van der Waals surface area contributed by atoms with Crippen LogP contribution >= 0.6 is 11.6 Å². The first-order valence-electron chi connectivity index (χ1n) is 9.68. The number of benzene rings is 2. The molecular formula is C22H24ClN3O6. The molecule has 0 aromatic heterocycles. The number of nitrogens with zero attached hydrogens (tertiary/aromatic N) is 3. The molecule has 0 radical (unpaired) electrons. The van der Waals surface area contributed by atoms with E-state index in [0.29, 0.717) is 28.0 Å². The number of hydrogen-bond donors (Lipinski definition) is 0. The van der Waals surface area contributed by atoms with Gasteiger partial charge in [0.15, 0.2) is 11.5 Å².